The van der Waals surface area contributed by atoms with Crippen LogP contribution in [-0.2, 0) is 0 Å². The molecule has 2 heterocycles. The van der Waals surface area contributed by atoms with E-state index in [0.29, 0.717) is 4.77 Å². The van der Waals surface area contributed by atoms with Gasteiger partial charge in [0.1, 0.15) is 5.82 Å². The highest BCUT2D eigenvalue weighted by atomic mass is 79.9. The van der Waals surface area contributed by atoms with Gasteiger partial charge in [-0.25, -0.2) is 0 Å². The summed E-state index contributed by atoms with van der Waals surface area (Å²) in [5.74, 6) is 0.730. The van der Waals surface area contributed by atoms with Gasteiger partial charge < -0.3 is 4.57 Å². The molecule has 0 fully saturated rings. The van der Waals surface area contributed by atoms with Crippen molar-refractivity contribution in [2.75, 3.05) is 0 Å². The molecule has 0 saturated carbocycles. The smallest absolute Gasteiger partial charge is 0.216 e. The topological polar surface area (TPSA) is 50.9 Å². The van der Waals surface area contributed by atoms with Crippen molar-refractivity contribution in [1.29, 1.82) is 0 Å². The highest BCUT2D eigenvalue weighted by Crippen LogP contribution is 2.21. The molecule has 1 N–H and O–H groups in total. The van der Waals surface area contributed by atoms with Crippen LogP contribution in [0.3, 0.4) is 0 Å². The summed E-state index contributed by atoms with van der Waals surface area (Å²) in [6, 6.07) is 10.4. The Kier molecular flexibility index (Phi) is 4.32. The van der Waals surface area contributed by atoms with Gasteiger partial charge in [-0.1, -0.05) is 15.9 Å². The molecule has 118 valence electrons. The van der Waals surface area contributed by atoms with Crippen LogP contribution in [0, 0.1) is 25.5 Å². The Hall–Kier alpha value is -1.99. The van der Waals surface area contributed by atoms with Crippen molar-refractivity contribution < 1.29 is 0 Å². The highest BCUT2D eigenvalue weighted by molar-refractivity contribution is 9.10. The van der Waals surface area contributed by atoms with Gasteiger partial charge >= 0.3 is 0 Å². The van der Waals surface area contributed by atoms with Crippen LogP contribution in [0.4, 0.5) is 0 Å². The van der Waals surface area contributed by atoms with Crippen LogP contribution in [-0.4, -0.2) is 25.7 Å². The van der Waals surface area contributed by atoms with Crippen LogP contribution in [0.2, 0.25) is 0 Å². The van der Waals surface area contributed by atoms with Gasteiger partial charge in [-0.3, -0.25) is 5.10 Å². The van der Waals surface area contributed by atoms with E-state index in [1.807, 2.05) is 25.3 Å². The van der Waals surface area contributed by atoms with Gasteiger partial charge in [-0.15, -0.1) is 0 Å². The third-order valence-electron chi connectivity index (χ3n) is 3.68. The molecule has 0 amide bonds. The molecule has 7 heteroatoms. The van der Waals surface area contributed by atoms with Crippen molar-refractivity contribution >= 4 is 34.4 Å². The molecule has 1 aromatic carbocycles. The Bertz CT molecular complexity index is 931. The van der Waals surface area contributed by atoms with E-state index >= 15 is 0 Å². The predicted molar refractivity (Wildman–Crippen MR) is 98.1 cm³/mol. The van der Waals surface area contributed by atoms with Crippen molar-refractivity contribution in [2.24, 2.45) is 5.10 Å². The van der Waals surface area contributed by atoms with E-state index in [9.17, 15) is 0 Å². The maximum absolute atomic E-state index is 5.16. The fourth-order valence-corrected chi connectivity index (χ4v) is 3.02. The molecule has 0 aliphatic rings. The van der Waals surface area contributed by atoms with Gasteiger partial charge in [0, 0.05) is 27.1 Å². The molecule has 23 heavy (non-hydrogen) atoms. The fourth-order valence-electron chi connectivity index (χ4n) is 2.53. The molecule has 0 radical (unpaired) electrons. The van der Waals surface area contributed by atoms with Crippen LogP contribution in [0.5, 0.6) is 0 Å². The Morgan fingerprint density at radius 1 is 1.22 bits per heavy atom. The zero-order valence-corrected chi connectivity index (χ0v) is 15.4. The summed E-state index contributed by atoms with van der Waals surface area (Å²) in [6.45, 7) is 6.02. The molecular formula is C16H16BrN5S. The standard InChI is InChI=1S/C16H16BrN5S/c1-10-8-13(9-18-22-12(3)19-20-16(22)23)11(2)21(10)15-6-4-14(17)5-7-15/h4-9H,1-3H3,(H,20,23)/b18-9-. The minimum atomic E-state index is 0.487. The second-order valence-corrected chi connectivity index (χ2v) is 6.57. The lowest BCUT2D eigenvalue weighted by Gasteiger charge is -2.09. The molecule has 3 rings (SSSR count). The average Bonchev–Trinajstić information content (AvgIpc) is 2.98. The lowest BCUT2D eigenvalue weighted by Crippen LogP contribution is -2.00. The number of benzene rings is 1. The monoisotopic (exact) mass is 389 g/mol. The van der Waals surface area contributed by atoms with Crippen LogP contribution >= 0.6 is 28.1 Å². The van der Waals surface area contributed by atoms with E-state index in [2.05, 4.69) is 67.8 Å². The number of rotatable bonds is 3. The molecule has 0 spiro atoms. The number of aromatic amines is 1. The van der Waals surface area contributed by atoms with E-state index < -0.39 is 0 Å². The third-order valence-corrected chi connectivity index (χ3v) is 4.47. The van der Waals surface area contributed by atoms with Crippen molar-refractivity contribution in [3.63, 3.8) is 0 Å². The molecule has 3 aromatic rings. The van der Waals surface area contributed by atoms with Gasteiger partial charge in [-0.05, 0) is 63.3 Å². The van der Waals surface area contributed by atoms with Crippen molar-refractivity contribution in [3.05, 3.63) is 62.4 Å². The summed E-state index contributed by atoms with van der Waals surface area (Å²) in [7, 11) is 0. The first kappa shape index (κ1) is 15.9. The quantitative estimate of drug-likeness (QED) is 0.536. The summed E-state index contributed by atoms with van der Waals surface area (Å²) in [4.78, 5) is 0. The van der Waals surface area contributed by atoms with E-state index in [1.54, 1.807) is 4.68 Å². The summed E-state index contributed by atoms with van der Waals surface area (Å²) in [5.41, 5.74) is 4.45. The van der Waals surface area contributed by atoms with Crippen LogP contribution < -0.4 is 0 Å². The molecule has 0 saturated heterocycles. The Balaban J connectivity index is 2.01. The number of aryl methyl sites for hydroxylation is 2. The Labute approximate surface area is 147 Å². The number of nitrogens with zero attached hydrogens (tertiary/aromatic N) is 4. The van der Waals surface area contributed by atoms with Crippen LogP contribution in [0.25, 0.3) is 5.69 Å². The minimum absolute atomic E-state index is 0.487. The molecule has 2 aromatic heterocycles. The number of nitrogens with one attached hydrogen (secondary N) is 1. The second kappa shape index (κ2) is 6.25. The lowest BCUT2D eigenvalue weighted by molar-refractivity contribution is 0.820. The van der Waals surface area contributed by atoms with Crippen LogP contribution in [0.15, 0.2) is 39.9 Å². The number of H-pyrrole nitrogens is 1. The van der Waals surface area contributed by atoms with E-state index in [-0.39, 0.29) is 0 Å². The molecule has 5 nitrogen and oxygen atoms in total. The number of hydrogen-bond acceptors (Lipinski definition) is 3. The highest BCUT2D eigenvalue weighted by Gasteiger charge is 2.09. The lowest BCUT2D eigenvalue weighted by atomic mass is 10.2. The Morgan fingerprint density at radius 3 is 2.52 bits per heavy atom. The van der Waals surface area contributed by atoms with E-state index in [4.69, 9.17) is 12.2 Å². The molecule has 0 atom stereocenters. The molecule has 0 aliphatic heterocycles. The first-order valence-electron chi connectivity index (χ1n) is 7.10. The van der Waals surface area contributed by atoms with Crippen molar-refractivity contribution in [1.82, 2.24) is 19.4 Å². The van der Waals surface area contributed by atoms with E-state index in [1.165, 1.54) is 0 Å². The number of halogens is 1. The number of hydrogen-bond donors (Lipinski definition) is 1. The maximum Gasteiger partial charge on any atom is 0.216 e. The zero-order valence-electron chi connectivity index (χ0n) is 13.0. The average molecular weight is 390 g/mol. The third kappa shape index (κ3) is 3.07. The van der Waals surface area contributed by atoms with Gasteiger partial charge in [0.15, 0.2) is 0 Å². The van der Waals surface area contributed by atoms with Gasteiger partial charge in [0.25, 0.3) is 0 Å². The van der Waals surface area contributed by atoms with Gasteiger partial charge in [-0.2, -0.15) is 14.9 Å². The first-order chi connectivity index (χ1) is 11.0. The normalized spacial score (nSPS) is 11.5. The maximum atomic E-state index is 5.16. The van der Waals surface area contributed by atoms with Crippen molar-refractivity contribution in [3.8, 4) is 5.69 Å². The first-order valence-corrected chi connectivity index (χ1v) is 8.31. The molecule has 0 unspecified atom stereocenters. The molecule has 0 bridgehead atoms. The zero-order chi connectivity index (χ0) is 16.6. The summed E-state index contributed by atoms with van der Waals surface area (Å²) in [6.07, 6.45) is 1.82. The SMILES string of the molecule is Cc1cc(/C=N\n2c(C)n[nH]c2=S)c(C)n1-c1ccc(Br)cc1. The van der Waals surface area contributed by atoms with Gasteiger partial charge in [0.05, 0.1) is 6.21 Å². The second-order valence-electron chi connectivity index (χ2n) is 5.27. The van der Waals surface area contributed by atoms with Crippen LogP contribution in [0.1, 0.15) is 22.8 Å². The van der Waals surface area contributed by atoms with Crippen molar-refractivity contribution in [2.45, 2.75) is 20.8 Å². The molecular weight excluding hydrogens is 374 g/mol. The van der Waals surface area contributed by atoms with E-state index in [0.717, 1.165) is 32.9 Å². The summed E-state index contributed by atoms with van der Waals surface area (Å²) in [5, 5.41) is 11.2. The largest absolute Gasteiger partial charge is 0.318 e. The predicted octanol–water partition coefficient (Wildman–Crippen LogP) is 4.30. The molecule has 0 aliphatic carbocycles. The summed E-state index contributed by atoms with van der Waals surface area (Å²) < 4.78 is 5.37. The minimum Gasteiger partial charge on any atom is -0.318 e. The Morgan fingerprint density at radius 2 is 1.91 bits per heavy atom. The van der Waals surface area contributed by atoms with Gasteiger partial charge in [0.2, 0.25) is 4.77 Å². The summed E-state index contributed by atoms with van der Waals surface area (Å²) >= 11 is 8.63. The fraction of sp³-hybridized carbons (Fsp3) is 0.188. The number of aromatic nitrogens is 4.